The summed E-state index contributed by atoms with van der Waals surface area (Å²) in [5.41, 5.74) is 6.60. The third-order valence-corrected chi connectivity index (χ3v) is 4.51. The fourth-order valence-corrected chi connectivity index (χ4v) is 3.19. The number of hydrogen-bond donors (Lipinski definition) is 2. The zero-order valence-corrected chi connectivity index (χ0v) is 12.5. The second kappa shape index (κ2) is 6.68. The highest BCUT2D eigenvalue weighted by Gasteiger charge is 2.11. The van der Waals surface area contributed by atoms with Crippen molar-refractivity contribution in [1.82, 2.24) is 5.43 Å². The van der Waals surface area contributed by atoms with Gasteiger partial charge < -0.3 is 0 Å². The van der Waals surface area contributed by atoms with Crippen LogP contribution in [0.5, 0.6) is 0 Å². The molecule has 106 valence electrons. The van der Waals surface area contributed by atoms with Crippen molar-refractivity contribution in [3.05, 3.63) is 82.6 Å². The lowest BCUT2D eigenvalue weighted by atomic mass is 9.99. The molecule has 21 heavy (non-hydrogen) atoms. The summed E-state index contributed by atoms with van der Waals surface area (Å²) >= 11 is 1.77. The van der Waals surface area contributed by atoms with Crippen molar-refractivity contribution in [3.8, 4) is 11.1 Å². The molecular formula is C18H18N2S. The van der Waals surface area contributed by atoms with Crippen molar-refractivity contribution in [2.45, 2.75) is 12.5 Å². The molecule has 2 nitrogen and oxygen atoms in total. The molecule has 3 heteroatoms. The lowest BCUT2D eigenvalue weighted by Gasteiger charge is -2.16. The van der Waals surface area contributed by atoms with Crippen LogP contribution in [0.2, 0.25) is 0 Å². The highest BCUT2D eigenvalue weighted by Crippen LogP contribution is 2.24. The van der Waals surface area contributed by atoms with Crippen molar-refractivity contribution in [2.24, 2.45) is 5.84 Å². The summed E-state index contributed by atoms with van der Waals surface area (Å²) in [7, 11) is 0. The number of nitrogens with one attached hydrogen (secondary N) is 1. The summed E-state index contributed by atoms with van der Waals surface area (Å²) in [4.78, 5) is 1.34. The van der Waals surface area contributed by atoms with Crippen LogP contribution in [0, 0.1) is 0 Å². The molecule has 0 spiro atoms. The highest BCUT2D eigenvalue weighted by molar-refractivity contribution is 7.09. The van der Waals surface area contributed by atoms with Gasteiger partial charge in [-0.05, 0) is 28.1 Å². The van der Waals surface area contributed by atoms with Crippen molar-refractivity contribution < 1.29 is 0 Å². The Morgan fingerprint density at radius 3 is 2.19 bits per heavy atom. The van der Waals surface area contributed by atoms with Crippen molar-refractivity contribution in [3.63, 3.8) is 0 Å². The molecule has 3 aromatic rings. The molecular weight excluding hydrogens is 276 g/mol. The fourth-order valence-electron chi connectivity index (χ4n) is 2.44. The molecule has 1 heterocycles. The first-order valence-electron chi connectivity index (χ1n) is 7.01. The maximum atomic E-state index is 5.73. The van der Waals surface area contributed by atoms with Crippen LogP contribution in [0.3, 0.4) is 0 Å². The lowest BCUT2D eigenvalue weighted by Crippen LogP contribution is -2.29. The first-order valence-corrected chi connectivity index (χ1v) is 7.88. The van der Waals surface area contributed by atoms with Gasteiger partial charge in [0.15, 0.2) is 0 Å². The third-order valence-electron chi connectivity index (χ3n) is 3.61. The first kappa shape index (κ1) is 14.0. The standard InChI is InChI=1S/C18H18N2S/c19-20-18(13-17-7-4-12-21-17)16-10-8-15(9-11-16)14-5-2-1-3-6-14/h1-12,18,20H,13,19H2. The van der Waals surface area contributed by atoms with Crippen molar-refractivity contribution in [1.29, 1.82) is 0 Å². The minimum Gasteiger partial charge on any atom is -0.271 e. The topological polar surface area (TPSA) is 38.0 Å². The van der Waals surface area contributed by atoms with Gasteiger partial charge in [-0.3, -0.25) is 11.3 Å². The van der Waals surface area contributed by atoms with Crippen molar-refractivity contribution >= 4 is 11.3 Å². The van der Waals surface area contributed by atoms with Gasteiger partial charge in [-0.2, -0.15) is 0 Å². The van der Waals surface area contributed by atoms with Gasteiger partial charge in [-0.15, -0.1) is 11.3 Å². The minimum absolute atomic E-state index is 0.147. The van der Waals surface area contributed by atoms with Gasteiger partial charge in [-0.1, -0.05) is 60.7 Å². The van der Waals surface area contributed by atoms with E-state index < -0.39 is 0 Å². The maximum Gasteiger partial charge on any atom is 0.0508 e. The zero-order valence-electron chi connectivity index (χ0n) is 11.7. The summed E-state index contributed by atoms with van der Waals surface area (Å²) in [6.07, 6.45) is 0.916. The van der Waals surface area contributed by atoms with Gasteiger partial charge in [0.1, 0.15) is 0 Å². The Hall–Kier alpha value is -1.94. The number of benzene rings is 2. The number of nitrogens with two attached hydrogens (primary N) is 1. The van der Waals surface area contributed by atoms with E-state index in [2.05, 4.69) is 71.5 Å². The SMILES string of the molecule is NNC(Cc1cccs1)c1ccc(-c2ccccc2)cc1. The Labute approximate surface area is 129 Å². The molecule has 0 aliphatic heterocycles. The summed E-state index contributed by atoms with van der Waals surface area (Å²) < 4.78 is 0. The van der Waals surface area contributed by atoms with Crippen LogP contribution in [0.1, 0.15) is 16.5 Å². The van der Waals surface area contributed by atoms with E-state index in [0.29, 0.717) is 0 Å². The Morgan fingerprint density at radius 1 is 0.857 bits per heavy atom. The van der Waals surface area contributed by atoms with Gasteiger partial charge in [-0.25, -0.2) is 0 Å². The van der Waals surface area contributed by atoms with E-state index >= 15 is 0 Å². The highest BCUT2D eigenvalue weighted by atomic mass is 32.1. The molecule has 0 bridgehead atoms. The predicted molar refractivity (Wildman–Crippen MR) is 90.0 cm³/mol. The molecule has 0 aliphatic carbocycles. The third kappa shape index (κ3) is 3.39. The normalized spacial score (nSPS) is 12.2. The minimum atomic E-state index is 0.147. The Bertz CT molecular complexity index is 660. The second-order valence-corrected chi connectivity index (χ2v) is 6.02. The molecule has 1 aromatic heterocycles. The van der Waals surface area contributed by atoms with Crippen LogP contribution in [-0.2, 0) is 6.42 Å². The Kier molecular flexibility index (Phi) is 4.46. The van der Waals surface area contributed by atoms with Crippen LogP contribution in [0.25, 0.3) is 11.1 Å². The van der Waals surface area contributed by atoms with E-state index in [4.69, 9.17) is 5.84 Å². The van der Waals surface area contributed by atoms with E-state index in [1.165, 1.54) is 21.6 Å². The molecule has 0 saturated carbocycles. The smallest absolute Gasteiger partial charge is 0.0508 e. The van der Waals surface area contributed by atoms with E-state index in [1.807, 2.05) is 6.07 Å². The Balaban J connectivity index is 1.79. The quantitative estimate of drug-likeness (QED) is 0.547. The molecule has 0 aliphatic rings. The van der Waals surface area contributed by atoms with Crippen LogP contribution in [0.15, 0.2) is 72.1 Å². The van der Waals surface area contributed by atoms with Crippen LogP contribution in [0.4, 0.5) is 0 Å². The number of hydrogen-bond acceptors (Lipinski definition) is 3. The van der Waals surface area contributed by atoms with E-state index in [9.17, 15) is 0 Å². The molecule has 0 saturated heterocycles. The molecule has 0 fully saturated rings. The molecule has 3 rings (SSSR count). The second-order valence-electron chi connectivity index (χ2n) is 4.99. The fraction of sp³-hybridized carbons (Fsp3) is 0.111. The largest absolute Gasteiger partial charge is 0.271 e. The number of hydrazine groups is 1. The summed E-state index contributed by atoms with van der Waals surface area (Å²) in [6.45, 7) is 0. The van der Waals surface area contributed by atoms with Crippen LogP contribution in [-0.4, -0.2) is 0 Å². The zero-order chi connectivity index (χ0) is 14.5. The van der Waals surface area contributed by atoms with Crippen LogP contribution >= 0.6 is 11.3 Å². The van der Waals surface area contributed by atoms with Gasteiger partial charge in [0, 0.05) is 11.3 Å². The van der Waals surface area contributed by atoms with E-state index in [1.54, 1.807) is 11.3 Å². The lowest BCUT2D eigenvalue weighted by molar-refractivity contribution is 0.556. The van der Waals surface area contributed by atoms with Crippen LogP contribution < -0.4 is 11.3 Å². The van der Waals surface area contributed by atoms with Gasteiger partial charge in [0.2, 0.25) is 0 Å². The first-order chi connectivity index (χ1) is 10.4. The monoisotopic (exact) mass is 294 g/mol. The summed E-state index contributed by atoms with van der Waals surface area (Å²) in [5, 5.41) is 2.10. The molecule has 2 aromatic carbocycles. The predicted octanol–water partition coefficient (Wildman–Crippen LogP) is 4.16. The number of rotatable bonds is 5. The molecule has 0 radical (unpaired) electrons. The molecule has 0 amide bonds. The average molecular weight is 294 g/mol. The van der Waals surface area contributed by atoms with Crippen molar-refractivity contribution in [2.75, 3.05) is 0 Å². The molecule has 1 unspecified atom stereocenters. The Morgan fingerprint density at radius 2 is 1.57 bits per heavy atom. The van der Waals surface area contributed by atoms with Gasteiger partial charge in [0.05, 0.1) is 6.04 Å². The number of thiophene rings is 1. The average Bonchev–Trinajstić information content (AvgIpc) is 3.07. The maximum absolute atomic E-state index is 5.73. The molecule has 3 N–H and O–H groups in total. The molecule has 1 atom stereocenters. The summed E-state index contributed by atoms with van der Waals surface area (Å²) in [6, 6.07) is 23.4. The van der Waals surface area contributed by atoms with Gasteiger partial charge >= 0.3 is 0 Å². The van der Waals surface area contributed by atoms with Gasteiger partial charge in [0.25, 0.3) is 0 Å². The van der Waals surface area contributed by atoms with E-state index in [0.717, 1.165) is 6.42 Å². The summed E-state index contributed by atoms with van der Waals surface area (Å²) in [5.74, 6) is 5.73. The van der Waals surface area contributed by atoms with E-state index in [-0.39, 0.29) is 6.04 Å².